The number of ether oxygens (including phenoxy) is 3. The fourth-order valence-electron chi connectivity index (χ4n) is 3.61. The lowest BCUT2D eigenvalue weighted by molar-refractivity contribution is 0.0114. The van der Waals surface area contributed by atoms with Gasteiger partial charge in [0.2, 0.25) is 0 Å². The Bertz CT molecular complexity index is 652. The first-order chi connectivity index (χ1) is 14.5. The van der Waals surface area contributed by atoms with Crippen LogP contribution in [0.2, 0.25) is 5.04 Å². The first-order valence-electron chi connectivity index (χ1n) is 10.6. The summed E-state index contributed by atoms with van der Waals surface area (Å²) in [4.78, 5) is 0. The minimum Gasteiger partial charge on any atom is -0.405 e. The van der Waals surface area contributed by atoms with Crippen molar-refractivity contribution in [3.63, 3.8) is 0 Å². The molecular weight excluding hydrogens is 507 g/mol. The topological polar surface area (TPSA) is 36.9 Å². The third-order valence-corrected chi connectivity index (χ3v) is 10.4. The van der Waals surface area contributed by atoms with Gasteiger partial charge < -0.3 is 18.6 Å². The molecule has 0 bridgehead atoms. The van der Waals surface area contributed by atoms with Crippen LogP contribution >= 0.6 is 22.6 Å². The third kappa shape index (κ3) is 7.42. The van der Waals surface area contributed by atoms with Gasteiger partial charge in [0, 0.05) is 4.43 Å². The van der Waals surface area contributed by atoms with Gasteiger partial charge in [-0.05, 0) is 15.4 Å². The normalized spacial score (nSPS) is 12.3. The summed E-state index contributed by atoms with van der Waals surface area (Å²) in [5.41, 5.74) is 0. The summed E-state index contributed by atoms with van der Waals surface area (Å²) >= 11 is 2.30. The zero-order valence-corrected chi connectivity index (χ0v) is 21.6. The summed E-state index contributed by atoms with van der Waals surface area (Å²) in [6, 6.07) is 21.4. The first-order valence-corrected chi connectivity index (χ1v) is 14.0. The second-order valence-corrected chi connectivity index (χ2v) is 13.4. The van der Waals surface area contributed by atoms with Crippen LogP contribution in [-0.2, 0) is 18.6 Å². The van der Waals surface area contributed by atoms with Crippen molar-refractivity contribution in [3.05, 3.63) is 60.7 Å². The van der Waals surface area contributed by atoms with E-state index in [-0.39, 0.29) is 5.04 Å². The monoisotopic (exact) mass is 542 g/mol. The Labute approximate surface area is 196 Å². The molecule has 0 spiro atoms. The van der Waals surface area contributed by atoms with Crippen LogP contribution in [0.5, 0.6) is 0 Å². The number of rotatable bonds is 14. The molecule has 0 saturated carbocycles. The van der Waals surface area contributed by atoms with Crippen LogP contribution < -0.4 is 10.4 Å². The lowest BCUT2D eigenvalue weighted by atomic mass is 10.2. The molecule has 0 aliphatic rings. The summed E-state index contributed by atoms with van der Waals surface area (Å²) in [5, 5.41) is 2.56. The van der Waals surface area contributed by atoms with Gasteiger partial charge in [-0.25, -0.2) is 0 Å². The summed E-state index contributed by atoms with van der Waals surface area (Å²) in [7, 11) is -2.47. The summed E-state index contributed by atoms with van der Waals surface area (Å²) < 4.78 is 24.5. The van der Waals surface area contributed by atoms with E-state index >= 15 is 0 Å². The van der Waals surface area contributed by atoms with Crippen molar-refractivity contribution in [1.29, 1.82) is 0 Å². The van der Waals surface area contributed by atoms with Gasteiger partial charge in [0.15, 0.2) is 0 Å². The zero-order chi connectivity index (χ0) is 21.7. The number of benzene rings is 2. The van der Waals surface area contributed by atoms with Crippen LogP contribution in [0.3, 0.4) is 0 Å². The Morgan fingerprint density at radius 3 is 1.43 bits per heavy atom. The highest BCUT2D eigenvalue weighted by Gasteiger charge is 2.49. The van der Waals surface area contributed by atoms with Gasteiger partial charge in [0.25, 0.3) is 8.32 Å². The number of hydrogen-bond acceptors (Lipinski definition) is 4. The Morgan fingerprint density at radius 1 is 0.633 bits per heavy atom. The molecule has 4 nitrogen and oxygen atoms in total. The average molecular weight is 543 g/mol. The molecule has 0 N–H and O–H groups in total. The van der Waals surface area contributed by atoms with Gasteiger partial charge >= 0.3 is 0 Å². The Kier molecular flexibility index (Phi) is 11.6. The minimum absolute atomic E-state index is 0.0171. The van der Waals surface area contributed by atoms with E-state index in [0.717, 1.165) is 11.0 Å². The molecule has 2 rings (SSSR count). The molecule has 0 amide bonds. The van der Waals surface area contributed by atoms with E-state index < -0.39 is 8.32 Å². The molecule has 30 heavy (non-hydrogen) atoms. The molecule has 0 aliphatic heterocycles. The lowest BCUT2D eigenvalue weighted by Gasteiger charge is -2.43. The van der Waals surface area contributed by atoms with Crippen LogP contribution in [0.1, 0.15) is 20.8 Å². The number of halogens is 1. The number of hydrogen-bond donors (Lipinski definition) is 0. The molecule has 0 aromatic heterocycles. The highest BCUT2D eigenvalue weighted by molar-refractivity contribution is 14.1. The summed E-state index contributed by atoms with van der Waals surface area (Å²) in [5.74, 6) is 0. The van der Waals surface area contributed by atoms with Crippen LogP contribution in [0.15, 0.2) is 60.7 Å². The number of alkyl halides is 1. The molecule has 0 fully saturated rings. The maximum Gasteiger partial charge on any atom is 0.261 e. The van der Waals surface area contributed by atoms with Crippen LogP contribution in [0.25, 0.3) is 0 Å². The van der Waals surface area contributed by atoms with Crippen LogP contribution in [0, 0.1) is 0 Å². The average Bonchev–Trinajstić information content (AvgIpc) is 2.75. The van der Waals surface area contributed by atoms with Gasteiger partial charge in [-0.2, -0.15) is 0 Å². The fraction of sp³-hybridized carbons (Fsp3) is 0.500. The Hall–Kier alpha value is -0.773. The maximum absolute atomic E-state index is 6.79. The van der Waals surface area contributed by atoms with Crippen molar-refractivity contribution in [2.75, 3.05) is 50.7 Å². The zero-order valence-electron chi connectivity index (χ0n) is 18.4. The quantitative estimate of drug-likeness (QED) is 0.156. The largest absolute Gasteiger partial charge is 0.405 e. The van der Waals surface area contributed by atoms with E-state index in [1.165, 1.54) is 10.4 Å². The second-order valence-electron chi connectivity index (χ2n) is 8.04. The highest BCUT2D eigenvalue weighted by atomic mass is 127. The standard InChI is InChI=1S/C24H35IO4Si/c1-24(2,3)30(22-10-6-4-7-11-22,23-12-8-5-9-13-23)29-21-20-28-19-18-27-17-16-26-15-14-25/h4-13H,14-21H2,1-3H3. The van der Waals surface area contributed by atoms with Gasteiger partial charge in [0.1, 0.15) is 0 Å². The predicted octanol–water partition coefficient (Wildman–Crippen LogP) is 4.05. The third-order valence-electron chi connectivity index (χ3n) is 4.93. The molecule has 0 saturated heterocycles. The van der Waals surface area contributed by atoms with Crippen molar-refractivity contribution in [1.82, 2.24) is 0 Å². The molecule has 0 unspecified atom stereocenters. The highest BCUT2D eigenvalue weighted by Crippen LogP contribution is 2.36. The smallest absolute Gasteiger partial charge is 0.261 e. The van der Waals surface area contributed by atoms with Crippen LogP contribution in [0.4, 0.5) is 0 Å². The molecule has 0 atom stereocenters. The van der Waals surface area contributed by atoms with Crippen LogP contribution in [-0.4, -0.2) is 59.0 Å². The van der Waals surface area contributed by atoms with Crippen molar-refractivity contribution >= 4 is 41.3 Å². The molecule has 2 aromatic carbocycles. The van der Waals surface area contributed by atoms with Gasteiger partial charge in [-0.1, -0.05) is 104 Å². The van der Waals surface area contributed by atoms with Crippen molar-refractivity contribution in [3.8, 4) is 0 Å². The van der Waals surface area contributed by atoms with E-state index in [1.54, 1.807) is 0 Å². The van der Waals surface area contributed by atoms with Gasteiger partial charge in [0.05, 0.1) is 46.2 Å². The van der Waals surface area contributed by atoms with Crippen molar-refractivity contribution in [2.45, 2.75) is 25.8 Å². The SMILES string of the molecule is CC(C)(C)[Si](OCCOCCOCCOCCI)(c1ccccc1)c1ccccc1. The maximum atomic E-state index is 6.79. The van der Waals surface area contributed by atoms with E-state index in [4.69, 9.17) is 18.6 Å². The predicted molar refractivity (Wildman–Crippen MR) is 135 cm³/mol. The minimum atomic E-state index is -2.47. The Morgan fingerprint density at radius 2 is 1.03 bits per heavy atom. The van der Waals surface area contributed by atoms with E-state index in [0.29, 0.717) is 39.6 Å². The van der Waals surface area contributed by atoms with E-state index in [9.17, 15) is 0 Å². The second kappa shape index (κ2) is 13.6. The van der Waals surface area contributed by atoms with Gasteiger partial charge in [-0.3, -0.25) is 0 Å². The lowest BCUT2D eigenvalue weighted by Crippen LogP contribution is -2.66. The summed E-state index contributed by atoms with van der Waals surface area (Å²) in [6.07, 6.45) is 0. The molecule has 0 aliphatic carbocycles. The first kappa shape index (κ1) is 25.5. The van der Waals surface area contributed by atoms with E-state index in [1.807, 2.05) is 0 Å². The molecule has 0 radical (unpaired) electrons. The molecular formula is C24H35IO4Si. The summed E-state index contributed by atoms with van der Waals surface area (Å²) in [6.45, 7) is 11.1. The van der Waals surface area contributed by atoms with E-state index in [2.05, 4.69) is 104 Å². The molecule has 166 valence electrons. The van der Waals surface area contributed by atoms with Crippen molar-refractivity contribution in [2.24, 2.45) is 0 Å². The molecule has 2 aromatic rings. The van der Waals surface area contributed by atoms with Gasteiger partial charge in [-0.15, -0.1) is 0 Å². The molecule has 6 heteroatoms. The van der Waals surface area contributed by atoms with Crippen molar-refractivity contribution < 1.29 is 18.6 Å². The fourth-order valence-corrected chi connectivity index (χ4v) is 8.47. The molecule has 0 heterocycles. The Balaban J connectivity index is 1.94.